The monoisotopic (exact) mass is 375 g/mol. The van der Waals surface area contributed by atoms with Crippen LogP contribution in [-0.4, -0.2) is 24.2 Å². The van der Waals surface area contributed by atoms with Crippen LogP contribution in [0.5, 0.6) is 0 Å². The highest BCUT2D eigenvalue weighted by molar-refractivity contribution is 7.13. The number of halogens is 2. The van der Waals surface area contributed by atoms with Crippen LogP contribution in [0, 0.1) is 11.6 Å². The molecule has 1 fully saturated rings. The topological polar surface area (TPSA) is 58.4 Å². The molecular weight excluding hydrogens is 360 g/mol. The van der Waals surface area contributed by atoms with Gasteiger partial charge in [0.15, 0.2) is 23.1 Å². The van der Waals surface area contributed by atoms with Gasteiger partial charge in [-0.1, -0.05) is 11.2 Å². The number of aromatic nitrogens is 1. The lowest BCUT2D eigenvalue weighted by Crippen LogP contribution is -2.21. The maximum atomic E-state index is 14.3. The van der Waals surface area contributed by atoms with Gasteiger partial charge in [0.2, 0.25) is 0 Å². The van der Waals surface area contributed by atoms with Crippen molar-refractivity contribution in [2.24, 2.45) is 0 Å². The van der Waals surface area contributed by atoms with Crippen LogP contribution in [0.25, 0.3) is 10.6 Å². The van der Waals surface area contributed by atoms with Gasteiger partial charge in [0.25, 0.3) is 5.91 Å². The quantitative estimate of drug-likeness (QED) is 0.728. The fraction of sp³-hybridized carbons (Fsp3) is 0.222. The molecule has 5 nitrogen and oxygen atoms in total. The molecule has 1 aromatic carbocycles. The van der Waals surface area contributed by atoms with E-state index in [1.807, 2.05) is 17.5 Å². The molecule has 8 heteroatoms. The lowest BCUT2D eigenvalue weighted by Gasteiger charge is -2.19. The van der Waals surface area contributed by atoms with E-state index in [9.17, 15) is 13.6 Å². The second kappa shape index (κ2) is 6.87. The molecule has 134 valence electrons. The Morgan fingerprint density at radius 3 is 2.58 bits per heavy atom. The fourth-order valence-corrected chi connectivity index (χ4v) is 3.67. The maximum absolute atomic E-state index is 14.3. The highest BCUT2D eigenvalue weighted by Gasteiger charge is 2.22. The fourth-order valence-electron chi connectivity index (χ4n) is 2.99. The molecule has 0 spiro atoms. The van der Waals surface area contributed by atoms with Crippen molar-refractivity contribution < 1.29 is 18.1 Å². The molecule has 3 heterocycles. The predicted molar refractivity (Wildman–Crippen MR) is 95.6 cm³/mol. The summed E-state index contributed by atoms with van der Waals surface area (Å²) >= 11 is 1.45. The average Bonchev–Trinajstić information content (AvgIpc) is 3.35. The zero-order valence-electron chi connectivity index (χ0n) is 13.7. The van der Waals surface area contributed by atoms with Gasteiger partial charge in [-0.15, -0.1) is 11.3 Å². The summed E-state index contributed by atoms with van der Waals surface area (Å²) in [5, 5.41) is 8.06. The molecule has 0 aliphatic carbocycles. The van der Waals surface area contributed by atoms with Crippen LogP contribution in [0.1, 0.15) is 23.3 Å². The highest BCUT2D eigenvalue weighted by Crippen LogP contribution is 2.30. The Bertz CT molecular complexity index is 911. The van der Waals surface area contributed by atoms with Gasteiger partial charge < -0.3 is 14.7 Å². The van der Waals surface area contributed by atoms with E-state index in [1.165, 1.54) is 17.4 Å². The minimum absolute atomic E-state index is 0.0358. The molecule has 0 bridgehead atoms. The van der Waals surface area contributed by atoms with Gasteiger partial charge in [-0.2, -0.15) is 0 Å². The standard InChI is InChI=1S/C18H15F2N3O2S/c19-12-8-11(9-13(20)17(12)23-5-1-2-6-23)21-18(24)14-10-15(25-22-14)16-4-3-7-26-16/h3-4,7-10H,1-2,5-6H2,(H,21,24). The Morgan fingerprint density at radius 1 is 1.19 bits per heavy atom. The van der Waals surface area contributed by atoms with E-state index in [0.717, 1.165) is 29.9 Å². The summed E-state index contributed by atoms with van der Waals surface area (Å²) in [7, 11) is 0. The van der Waals surface area contributed by atoms with Gasteiger partial charge in [0, 0.05) is 24.8 Å². The molecule has 0 atom stereocenters. The van der Waals surface area contributed by atoms with Gasteiger partial charge in [0.1, 0.15) is 5.69 Å². The lowest BCUT2D eigenvalue weighted by atomic mass is 10.2. The normalized spacial score (nSPS) is 14.0. The Morgan fingerprint density at radius 2 is 1.92 bits per heavy atom. The van der Waals surface area contributed by atoms with Crippen molar-refractivity contribution in [3.63, 3.8) is 0 Å². The van der Waals surface area contributed by atoms with Crippen LogP contribution >= 0.6 is 11.3 Å². The molecule has 26 heavy (non-hydrogen) atoms. The van der Waals surface area contributed by atoms with Gasteiger partial charge in [-0.05, 0) is 36.4 Å². The third-order valence-corrected chi connectivity index (χ3v) is 5.09. The Balaban J connectivity index is 1.53. The molecule has 2 aromatic heterocycles. The molecule has 1 N–H and O–H groups in total. The van der Waals surface area contributed by atoms with Crippen LogP contribution in [0.4, 0.5) is 20.2 Å². The molecular formula is C18H15F2N3O2S. The van der Waals surface area contributed by atoms with Crippen molar-refractivity contribution in [3.8, 4) is 10.6 Å². The second-order valence-corrected chi connectivity index (χ2v) is 6.94. The van der Waals surface area contributed by atoms with E-state index in [-0.39, 0.29) is 17.1 Å². The summed E-state index contributed by atoms with van der Waals surface area (Å²) in [4.78, 5) is 14.8. The summed E-state index contributed by atoms with van der Waals surface area (Å²) in [6.07, 6.45) is 1.83. The molecule has 1 aliphatic heterocycles. The molecule has 4 rings (SSSR count). The number of carbonyl (C=O) groups excluding carboxylic acids is 1. The van der Waals surface area contributed by atoms with Gasteiger partial charge in [-0.3, -0.25) is 4.79 Å². The van der Waals surface area contributed by atoms with Crippen molar-refractivity contribution in [1.82, 2.24) is 5.16 Å². The molecule has 0 radical (unpaired) electrons. The predicted octanol–water partition coefficient (Wildman–Crippen LogP) is 4.53. The number of hydrogen-bond acceptors (Lipinski definition) is 5. The summed E-state index contributed by atoms with van der Waals surface area (Å²) in [5.41, 5.74) is 0.0355. The Labute approximate surface area is 152 Å². The number of carbonyl (C=O) groups is 1. The van der Waals surface area contributed by atoms with Crippen LogP contribution < -0.4 is 10.2 Å². The zero-order valence-corrected chi connectivity index (χ0v) is 14.5. The van der Waals surface area contributed by atoms with Crippen LogP contribution in [-0.2, 0) is 0 Å². The summed E-state index contributed by atoms with van der Waals surface area (Å²) < 4.78 is 33.8. The number of benzene rings is 1. The molecule has 0 saturated carbocycles. The molecule has 1 saturated heterocycles. The Hall–Kier alpha value is -2.74. The number of nitrogens with one attached hydrogen (secondary N) is 1. The summed E-state index contributed by atoms with van der Waals surface area (Å²) in [5.74, 6) is -1.51. The van der Waals surface area contributed by atoms with Crippen LogP contribution in [0.15, 0.2) is 40.2 Å². The number of thiophene rings is 1. The summed E-state index contributed by atoms with van der Waals surface area (Å²) in [6, 6.07) is 7.43. The van der Waals surface area contributed by atoms with E-state index in [4.69, 9.17) is 4.52 Å². The molecule has 1 amide bonds. The number of anilines is 2. The highest BCUT2D eigenvalue weighted by atomic mass is 32.1. The first-order valence-electron chi connectivity index (χ1n) is 8.18. The average molecular weight is 375 g/mol. The SMILES string of the molecule is O=C(Nc1cc(F)c(N2CCCC2)c(F)c1)c1cc(-c2cccs2)on1. The van der Waals surface area contributed by atoms with Gasteiger partial charge in [0.05, 0.1) is 4.88 Å². The van der Waals surface area contributed by atoms with E-state index in [2.05, 4.69) is 10.5 Å². The van der Waals surface area contributed by atoms with Crippen molar-refractivity contribution in [3.05, 3.63) is 53.0 Å². The third-order valence-electron chi connectivity index (χ3n) is 4.20. The minimum Gasteiger partial charge on any atom is -0.367 e. The smallest absolute Gasteiger partial charge is 0.277 e. The lowest BCUT2D eigenvalue weighted by molar-refractivity contribution is 0.101. The molecule has 0 unspecified atom stereocenters. The van der Waals surface area contributed by atoms with E-state index < -0.39 is 17.5 Å². The first kappa shape index (κ1) is 16.7. The Kier molecular flexibility index (Phi) is 4.42. The van der Waals surface area contributed by atoms with E-state index in [1.54, 1.807) is 4.90 Å². The third kappa shape index (κ3) is 3.20. The van der Waals surface area contributed by atoms with E-state index in [0.29, 0.717) is 18.8 Å². The zero-order chi connectivity index (χ0) is 18.1. The number of hydrogen-bond donors (Lipinski definition) is 1. The van der Waals surface area contributed by atoms with Crippen molar-refractivity contribution in [1.29, 1.82) is 0 Å². The number of rotatable bonds is 4. The van der Waals surface area contributed by atoms with Crippen molar-refractivity contribution in [2.45, 2.75) is 12.8 Å². The number of amides is 1. The largest absolute Gasteiger partial charge is 0.367 e. The van der Waals surface area contributed by atoms with Gasteiger partial charge >= 0.3 is 0 Å². The summed E-state index contributed by atoms with van der Waals surface area (Å²) in [6.45, 7) is 1.26. The van der Waals surface area contributed by atoms with E-state index >= 15 is 0 Å². The van der Waals surface area contributed by atoms with Gasteiger partial charge in [-0.25, -0.2) is 8.78 Å². The van der Waals surface area contributed by atoms with Crippen molar-refractivity contribution in [2.75, 3.05) is 23.3 Å². The first-order chi connectivity index (χ1) is 12.6. The second-order valence-electron chi connectivity index (χ2n) is 5.99. The maximum Gasteiger partial charge on any atom is 0.277 e. The number of nitrogens with zero attached hydrogens (tertiary/aromatic N) is 2. The minimum atomic E-state index is -0.693. The van der Waals surface area contributed by atoms with Crippen LogP contribution in [0.2, 0.25) is 0 Å². The van der Waals surface area contributed by atoms with Crippen molar-refractivity contribution >= 4 is 28.6 Å². The molecule has 1 aliphatic rings. The molecule has 3 aromatic rings. The van der Waals surface area contributed by atoms with Crippen LogP contribution in [0.3, 0.4) is 0 Å². The first-order valence-corrected chi connectivity index (χ1v) is 9.06.